The molecule has 1 aromatic carbocycles. The molecule has 0 bridgehead atoms. The number of fused-ring (bicyclic) bond motifs is 1. The fraction of sp³-hybridized carbons (Fsp3) is 0.200. The summed E-state index contributed by atoms with van der Waals surface area (Å²) < 4.78 is 0.703. The molecule has 0 aliphatic carbocycles. The lowest BCUT2D eigenvalue weighted by molar-refractivity contribution is -0.382. The van der Waals surface area contributed by atoms with Crippen LogP contribution in [0, 0.1) is 10.1 Å². The van der Waals surface area contributed by atoms with Crippen LogP contribution in [0.1, 0.15) is 0 Å². The summed E-state index contributed by atoms with van der Waals surface area (Å²) in [6.45, 7) is -0.309. The molecule has 7 nitrogen and oxygen atoms in total. The topological polar surface area (TPSA) is 96.6 Å². The molecule has 1 N–H and O–H groups in total. The van der Waals surface area contributed by atoms with E-state index >= 15 is 0 Å². The SMILES string of the molecule is CN(CC(=O)O)c1ccc2scnc2c1[N+](=O)[O-]. The normalized spacial score (nSPS) is 10.5. The predicted molar refractivity (Wildman–Crippen MR) is 67.2 cm³/mol. The fourth-order valence-electron chi connectivity index (χ4n) is 1.68. The Hall–Kier alpha value is -2.22. The molecule has 1 aromatic heterocycles. The zero-order valence-corrected chi connectivity index (χ0v) is 10.2. The first-order chi connectivity index (χ1) is 8.50. The Morgan fingerprint density at radius 3 is 2.94 bits per heavy atom. The molecule has 0 amide bonds. The number of anilines is 1. The van der Waals surface area contributed by atoms with Crippen molar-refractivity contribution in [3.05, 3.63) is 27.8 Å². The third-order valence-corrected chi connectivity index (χ3v) is 3.21. The van der Waals surface area contributed by atoms with E-state index in [1.54, 1.807) is 12.1 Å². The van der Waals surface area contributed by atoms with E-state index in [-0.39, 0.29) is 17.9 Å². The van der Waals surface area contributed by atoms with E-state index in [0.29, 0.717) is 10.2 Å². The van der Waals surface area contributed by atoms with Gasteiger partial charge < -0.3 is 10.0 Å². The second-order valence-electron chi connectivity index (χ2n) is 3.64. The summed E-state index contributed by atoms with van der Waals surface area (Å²) in [4.78, 5) is 26.5. The number of carbonyl (C=O) groups is 1. The molecule has 0 atom stereocenters. The molecule has 0 saturated carbocycles. The number of carboxylic acids is 1. The number of nitrogens with zero attached hydrogens (tertiary/aromatic N) is 3. The van der Waals surface area contributed by atoms with E-state index in [0.717, 1.165) is 0 Å². The van der Waals surface area contributed by atoms with Crippen LogP contribution in [0.25, 0.3) is 10.2 Å². The van der Waals surface area contributed by atoms with Gasteiger partial charge in [-0.2, -0.15) is 0 Å². The van der Waals surface area contributed by atoms with Crippen LogP contribution in [0.5, 0.6) is 0 Å². The van der Waals surface area contributed by atoms with E-state index in [1.165, 1.54) is 28.8 Å². The van der Waals surface area contributed by atoms with Crippen LogP contribution in [0.4, 0.5) is 11.4 Å². The highest BCUT2D eigenvalue weighted by Gasteiger charge is 2.23. The minimum absolute atomic E-state index is 0.155. The maximum atomic E-state index is 11.1. The van der Waals surface area contributed by atoms with E-state index in [4.69, 9.17) is 5.11 Å². The number of benzene rings is 1. The van der Waals surface area contributed by atoms with E-state index in [2.05, 4.69) is 4.98 Å². The van der Waals surface area contributed by atoms with E-state index < -0.39 is 10.9 Å². The van der Waals surface area contributed by atoms with Gasteiger partial charge in [-0.15, -0.1) is 11.3 Å². The smallest absolute Gasteiger partial charge is 0.323 e. The molecule has 0 spiro atoms. The number of rotatable bonds is 4. The monoisotopic (exact) mass is 267 g/mol. The first-order valence-corrected chi connectivity index (χ1v) is 5.82. The Labute approximate surface area is 105 Å². The molecule has 2 rings (SSSR count). The largest absolute Gasteiger partial charge is 0.480 e. The van der Waals surface area contributed by atoms with Crippen LogP contribution in [0.15, 0.2) is 17.6 Å². The lowest BCUT2D eigenvalue weighted by atomic mass is 10.2. The Morgan fingerprint density at radius 1 is 1.61 bits per heavy atom. The summed E-state index contributed by atoms with van der Waals surface area (Å²) in [5, 5.41) is 19.8. The average molecular weight is 267 g/mol. The van der Waals surface area contributed by atoms with Gasteiger partial charge in [-0.05, 0) is 12.1 Å². The maximum absolute atomic E-state index is 11.1. The van der Waals surface area contributed by atoms with Crippen LogP contribution >= 0.6 is 11.3 Å². The highest BCUT2D eigenvalue weighted by Crippen LogP contribution is 2.35. The number of aromatic nitrogens is 1. The molecule has 8 heteroatoms. The number of hydrogen-bond donors (Lipinski definition) is 1. The van der Waals surface area contributed by atoms with E-state index in [9.17, 15) is 14.9 Å². The van der Waals surface area contributed by atoms with Gasteiger partial charge in [0.25, 0.3) is 0 Å². The number of thiazole rings is 1. The van der Waals surface area contributed by atoms with Gasteiger partial charge in [-0.3, -0.25) is 14.9 Å². The lowest BCUT2D eigenvalue weighted by Gasteiger charge is -2.16. The van der Waals surface area contributed by atoms with Gasteiger partial charge in [-0.25, -0.2) is 4.98 Å². The summed E-state index contributed by atoms with van der Waals surface area (Å²) >= 11 is 1.30. The first kappa shape index (κ1) is 12.2. The number of hydrogen-bond acceptors (Lipinski definition) is 6. The summed E-state index contributed by atoms with van der Waals surface area (Å²) in [6, 6.07) is 3.25. The van der Waals surface area contributed by atoms with Crippen LogP contribution in [-0.4, -0.2) is 34.6 Å². The van der Waals surface area contributed by atoms with Gasteiger partial charge in [0, 0.05) is 7.05 Å². The van der Waals surface area contributed by atoms with Crippen LogP contribution in [-0.2, 0) is 4.79 Å². The van der Waals surface area contributed by atoms with Crippen molar-refractivity contribution in [2.45, 2.75) is 0 Å². The Morgan fingerprint density at radius 2 is 2.33 bits per heavy atom. The van der Waals surface area contributed by atoms with Crippen molar-refractivity contribution < 1.29 is 14.8 Å². The highest BCUT2D eigenvalue weighted by molar-refractivity contribution is 7.16. The van der Waals surface area contributed by atoms with Gasteiger partial charge in [0.05, 0.1) is 15.1 Å². The molecule has 0 saturated heterocycles. The molecule has 0 aliphatic heterocycles. The predicted octanol–water partition coefficient (Wildman–Crippen LogP) is 1.73. The summed E-state index contributed by atoms with van der Waals surface area (Å²) in [6.07, 6.45) is 0. The molecule has 0 radical (unpaired) electrons. The van der Waals surface area contributed by atoms with Crippen LogP contribution < -0.4 is 4.90 Å². The van der Waals surface area contributed by atoms with Crippen molar-refractivity contribution >= 4 is 38.9 Å². The number of likely N-dealkylation sites (N-methyl/N-ethyl adjacent to an activating group) is 1. The van der Waals surface area contributed by atoms with Crippen LogP contribution in [0.3, 0.4) is 0 Å². The minimum Gasteiger partial charge on any atom is -0.480 e. The van der Waals surface area contributed by atoms with E-state index in [1.807, 2.05) is 0 Å². The highest BCUT2D eigenvalue weighted by atomic mass is 32.1. The Balaban J connectivity index is 2.59. The van der Waals surface area contributed by atoms with Crippen molar-refractivity contribution in [3.8, 4) is 0 Å². The molecule has 2 aromatic rings. The maximum Gasteiger partial charge on any atom is 0.323 e. The first-order valence-electron chi connectivity index (χ1n) is 4.94. The molecule has 1 heterocycles. The van der Waals surface area contributed by atoms with Crippen molar-refractivity contribution in [3.63, 3.8) is 0 Å². The Bertz CT molecular complexity index is 625. The molecular weight excluding hydrogens is 258 g/mol. The van der Waals surface area contributed by atoms with Gasteiger partial charge in [0.15, 0.2) is 5.52 Å². The van der Waals surface area contributed by atoms with Gasteiger partial charge in [0.1, 0.15) is 12.2 Å². The van der Waals surface area contributed by atoms with Crippen molar-refractivity contribution in [2.75, 3.05) is 18.5 Å². The second kappa shape index (κ2) is 4.57. The third-order valence-electron chi connectivity index (χ3n) is 2.42. The molecule has 0 fully saturated rings. The number of aliphatic carboxylic acids is 1. The minimum atomic E-state index is -1.05. The number of carboxylic acid groups (broad SMARTS) is 1. The Kier molecular flexibility index (Phi) is 3.11. The molecule has 18 heavy (non-hydrogen) atoms. The average Bonchev–Trinajstić information content (AvgIpc) is 2.73. The van der Waals surface area contributed by atoms with Gasteiger partial charge >= 0.3 is 11.7 Å². The van der Waals surface area contributed by atoms with Crippen molar-refractivity contribution in [1.82, 2.24) is 4.98 Å². The summed E-state index contributed by atoms with van der Waals surface area (Å²) in [5.41, 5.74) is 1.91. The number of nitro benzene ring substituents is 1. The summed E-state index contributed by atoms with van der Waals surface area (Å²) in [7, 11) is 1.49. The standard InChI is InChI=1S/C10H9N3O4S/c1-12(4-8(14)15)6-2-3-7-9(11-5-18-7)10(6)13(16)17/h2-3,5H,4H2,1H3,(H,14,15). The molecule has 94 valence electrons. The lowest BCUT2D eigenvalue weighted by Crippen LogP contribution is -2.25. The second-order valence-corrected chi connectivity index (χ2v) is 4.53. The van der Waals surface area contributed by atoms with Gasteiger partial charge in [-0.1, -0.05) is 0 Å². The van der Waals surface area contributed by atoms with Crippen molar-refractivity contribution in [2.24, 2.45) is 0 Å². The molecular formula is C10H9N3O4S. The van der Waals surface area contributed by atoms with Gasteiger partial charge in [0.2, 0.25) is 0 Å². The zero-order valence-electron chi connectivity index (χ0n) is 9.36. The van der Waals surface area contributed by atoms with Crippen molar-refractivity contribution in [1.29, 1.82) is 0 Å². The van der Waals surface area contributed by atoms with Crippen LogP contribution in [0.2, 0.25) is 0 Å². The fourth-order valence-corrected chi connectivity index (χ4v) is 2.36. The number of nitro groups is 1. The molecule has 0 unspecified atom stereocenters. The summed E-state index contributed by atoms with van der Waals surface area (Å²) in [5.74, 6) is -1.05. The third kappa shape index (κ3) is 2.09. The quantitative estimate of drug-likeness (QED) is 0.669. The molecule has 0 aliphatic rings. The zero-order chi connectivity index (χ0) is 13.3.